The Balaban J connectivity index is 2.77. The lowest BCUT2D eigenvalue weighted by Crippen LogP contribution is -2.48. The van der Waals surface area contributed by atoms with Crippen molar-refractivity contribution in [1.29, 1.82) is 0 Å². The number of benzene rings is 1. The van der Waals surface area contributed by atoms with Gasteiger partial charge in [0.1, 0.15) is 5.82 Å². The summed E-state index contributed by atoms with van der Waals surface area (Å²) in [5.74, 6) is -0.611. The minimum Gasteiger partial charge on any atom is -0.397 e. The van der Waals surface area contributed by atoms with Gasteiger partial charge in [0.15, 0.2) is 0 Å². The van der Waals surface area contributed by atoms with E-state index in [1.165, 1.54) is 18.2 Å². The van der Waals surface area contributed by atoms with Crippen molar-refractivity contribution >= 4 is 17.3 Å². The molecule has 0 aliphatic heterocycles. The molecule has 0 aliphatic rings. The first-order valence-electron chi connectivity index (χ1n) is 7.01. The van der Waals surface area contributed by atoms with Crippen molar-refractivity contribution in [1.82, 2.24) is 4.90 Å². The molecule has 0 saturated carbocycles. The first-order valence-corrected chi connectivity index (χ1v) is 7.01. The Kier molecular flexibility index (Phi) is 6.58. The van der Waals surface area contributed by atoms with Gasteiger partial charge in [0, 0.05) is 13.2 Å². The Bertz CT molecular complexity index is 482. The number of carbonyl (C=O) groups excluding carboxylic acids is 1. The lowest BCUT2D eigenvalue weighted by molar-refractivity contribution is -0.121. The number of hydrogen-bond acceptors (Lipinski definition) is 4. The number of nitrogen functional groups attached to an aromatic ring is 1. The topological polar surface area (TPSA) is 67.6 Å². The number of methoxy groups -OCH3 is 1. The van der Waals surface area contributed by atoms with E-state index in [2.05, 4.69) is 5.32 Å². The van der Waals surface area contributed by atoms with Crippen LogP contribution in [0, 0.1) is 5.82 Å². The van der Waals surface area contributed by atoms with Gasteiger partial charge < -0.3 is 15.8 Å². The molecule has 1 aromatic rings. The Hall–Kier alpha value is -1.66. The minimum absolute atomic E-state index is 0.117. The number of likely N-dealkylation sites (N-methyl/N-ethyl adjacent to an activating group) is 1. The normalized spacial score (nSPS) is 14.0. The maximum absolute atomic E-state index is 13.0. The number of carbonyl (C=O) groups is 1. The minimum atomic E-state index is -0.428. The molecule has 1 rings (SSSR count). The summed E-state index contributed by atoms with van der Waals surface area (Å²) in [4.78, 5) is 14.3. The summed E-state index contributed by atoms with van der Waals surface area (Å²) in [7, 11) is 1.63. The molecule has 1 amide bonds. The molecule has 1 aromatic carbocycles. The number of hydrogen-bond donors (Lipinski definition) is 2. The number of ether oxygens (including phenoxy) is 1. The van der Waals surface area contributed by atoms with Crippen LogP contribution < -0.4 is 11.1 Å². The molecular formula is C15H24FN3O2. The second kappa shape index (κ2) is 7.95. The third-order valence-corrected chi connectivity index (χ3v) is 3.49. The molecule has 21 heavy (non-hydrogen) atoms. The van der Waals surface area contributed by atoms with Gasteiger partial charge in [-0.1, -0.05) is 6.92 Å². The summed E-state index contributed by atoms with van der Waals surface area (Å²) in [5.41, 5.74) is 6.33. The van der Waals surface area contributed by atoms with Gasteiger partial charge in [0.25, 0.3) is 0 Å². The lowest BCUT2D eigenvalue weighted by atomic mass is 10.2. The molecule has 0 saturated heterocycles. The van der Waals surface area contributed by atoms with E-state index in [9.17, 15) is 9.18 Å². The molecule has 0 bridgehead atoms. The standard InChI is InChI=1S/C15H24FN3O2/c1-5-19(10(2)9-21-4)11(3)15(20)18-14-7-6-12(16)8-13(14)17/h6-8,10-11H,5,9,17H2,1-4H3,(H,18,20). The van der Waals surface area contributed by atoms with Crippen molar-refractivity contribution in [2.45, 2.75) is 32.9 Å². The molecule has 5 nitrogen and oxygen atoms in total. The molecule has 2 atom stereocenters. The van der Waals surface area contributed by atoms with E-state index in [0.717, 1.165) is 6.54 Å². The van der Waals surface area contributed by atoms with Crippen LogP contribution in [-0.4, -0.2) is 43.2 Å². The second-order valence-electron chi connectivity index (χ2n) is 5.03. The highest BCUT2D eigenvalue weighted by Crippen LogP contribution is 2.20. The number of nitrogens with one attached hydrogen (secondary N) is 1. The van der Waals surface area contributed by atoms with E-state index < -0.39 is 5.82 Å². The van der Waals surface area contributed by atoms with Crippen molar-refractivity contribution in [2.75, 3.05) is 31.3 Å². The summed E-state index contributed by atoms with van der Waals surface area (Å²) < 4.78 is 18.1. The molecule has 0 aliphatic carbocycles. The Labute approximate surface area is 125 Å². The van der Waals surface area contributed by atoms with Crippen LogP contribution in [0.5, 0.6) is 0 Å². The fourth-order valence-electron chi connectivity index (χ4n) is 2.34. The molecule has 2 unspecified atom stereocenters. The van der Waals surface area contributed by atoms with Crippen molar-refractivity contribution < 1.29 is 13.9 Å². The van der Waals surface area contributed by atoms with Crippen LogP contribution in [0.1, 0.15) is 20.8 Å². The summed E-state index contributed by atoms with van der Waals surface area (Å²) in [6.07, 6.45) is 0. The zero-order valence-corrected chi connectivity index (χ0v) is 13.0. The van der Waals surface area contributed by atoms with E-state index in [0.29, 0.717) is 12.3 Å². The molecular weight excluding hydrogens is 273 g/mol. The zero-order valence-electron chi connectivity index (χ0n) is 13.0. The Morgan fingerprint density at radius 2 is 2.14 bits per heavy atom. The maximum atomic E-state index is 13.0. The lowest BCUT2D eigenvalue weighted by Gasteiger charge is -2.32. The monoisotopic (exact) mass is 297 g/mol. The summed E-state index contributed by atoms with van der Waals surface area (Å²) >= 11 is 0. The summed E-state index contributed by atoms with van der Waals surface area (Å²) in [6, 6.07) is 3.69. The first kappa shape index (κ1) is 17.4. The largest absolute Gasteiger partial charge is 0.397 e. The third-order valence-electron chi connectivity index (χ3n) is 3.49. The number of amides is 1. The van der Waals surface area contributed by atoms with Crippen molar-refractivity contribution in [3.63, 3.8) is 0 Å². The van der Waals surface area contributed by atoms with E-state index in [4.69, 9.17) is 10.5 Å². The number of nitrogens with two attached hydrogens (primary N) is 1. The van der Waals surface area contributed by atoms with Gasteiger partial charge >= 0.3 is 0 Å². The van der Waals surface area contributed by atoms with Gasteiger partial charge in [0.2, 0.25) is 5.91 Å². The molecule has 3 N–H and O–H groups in total. The smallest absolute Gasteiger partial charge is 0.241 e. The predicted molar refractivity (Wildman–Crippen MR) is 82.6 cm³/mol. The predicted octanol–water partition coefficient (Wildman–Crippen LogP) is 2.09. The number of anilines is 2. The zero-order chi connectivity index (χ0) is 16.0. The fraction of sp³-hybridized carbons (Fsp3) is 0.533. The van der Waals surface area contributed by atoms with Gasteiger partial charge in [0.05, 0.1) is 24.0 Å². The van der Waals surface area contributed by atoms with Crippen molar-refractivity contribution in [2.24, 2.45) is 0 Å². The number of halogens is 1. The van der Waals surface area contributed by atoms with Gasteiger partial charge in [-0.05, 0) is 38.6 Å². The van der Waals surface area contributed by atoms with E-state index in [1.54, 1.807) is 7.11 Å². The van der Waals surface area contributed by atoms with Gasteiger partial charge in [-0.15, -0.1) is 0 Å². The SMILES string of the molecule is CCN(C(C)COC)C(C)C(=O)Nc1ccc(F)cc1N. The summed E-state index contributed by atoms with van der Waals surface area (Å²) in [6.45, 7) is 7.08. The van der Waals surface area contributed by atoms with Crippen LogP contribution >= 0.6 is 0 Å². The van der Waals surface area contributed by atoms with E-state index >= 15 is 0 Å². The Morgan fingerprint density at radius 1 is 1.48 bits per heavy atom. The average Bonchev–Trinajstić information content (AvgIpc) is 2.42. The number of rotatable bonds is 7. The van der Waals surface area contributed by atoms with Gasteiger partial charge in [-0.3, -0.25) is 9.69 Å². The Morgan fingerprint density at radius 3 is 2.67 bits per heavy atom. The van der Waals surface area contributed by atoms with Gasteiger partial charge in [-0.2, -0.15) is 0 Å². The maximum Gasteiger partial charge on any atom is 0.241 e. The van der Waals surface area contributed by atoms with Crippen LogP contribution in [0.25, 0.3) is 0 Å². The highest BCUT2D eigenvalue weighted by Gasteiger charge is 2.24. The quantitative estimate of drug-likeness (QED) is 0.756. The van der Waals surface area contributed by atoms with Gasteiger partial charge in [-0.25, -0.2) is 4.39 Å². The first-order chi connectivity index (χ1) is 9.90. The summed E-state index contributed by atoms with van der Waals surface area (Å²) in [5, 5.41) is 2.74. The molecule has 0 fully saturated rings. The van der Waals surface area contributed by atoms with Crippen molar-refractivity contribution in [3.8, 4) is 0 Å². The van der Waals surface area contributed by atoms with Crippen LogP contribution in [0.3, 0.4) is 0 Å². The van der Waals surface area contributed by atoms with E-state index in [1.807, 2.05) is 25.7 Å². The molecule has 0 spiro atoms. The molecule has 0 radical (unpaired) electrons. The van der Waals surface area contributed by atoms with E-state index in [-0.39, 0.29) is 23.7 Å². The molecule has 0 heterocycles. The second-order valence-corrected chi connectivity index (χ2v) is 5.03. The van der Waals surface area contributed by atoms with Crippen LogP contribution in [0.4, 0.5) is 15.8 Å². The highest BCUT2D eigenvalue weighted by molar-refractivity contribution is 5.97. The average molecular weight is 297 g/mol. The molecule has 0 aromatic heterocycles. The van der Waals surface area contributed by atoms with Crippen LogP contribution in [-0.2, 0) is 9.53 Å². The molecule has 6 heteroatoms. The molecule has 118 valence electrons. The van der Waals surface area contributed by atoms with Crippen molar-refractivity contribution in [3.05, 3.63) is 24.0 Å². The van der Waals surface area contributed by atoms with Crippen LogP contribution in [0.15, 0.2) is 18.2 Å². The van der Waals surface area contributed by atoms with Crippen LogP contribution in [0.2, 0.25) is 0 Å². The highest BCUT2D eigenvalue weighted by atomic mass is 19.1. The fourth-order valence-corrected chi connectivity index (χ4v) is 2.34. The third kappa shape index (κ3) is 4.68. The number of nitrogens with zero attached hydrogens (tertiary/aromatic N) is 1.